The minimum Gasteiger partial charge on any atom is -0.351 e. The fourth-order valence-corrected chi connectivity index (χ4v) is 4.65. The van der Waals surface area contributed by atoms with Crippen LogP contribution in [0.15, 0.2) is 18.5 Å². The molecule has 2 aromatic heterocycles. The first kappa shape index (κ1) is 15.0. The van der Waals surface area contributed by atoms with Crippen molar-refractivity contribution in [2.24, 2.45) is 18.4 Å². The van der Waals surface area contributed by atoms with E-state index in [0.29, 0.717) is 16.0 Å². The molecule has 2 aromatic rings. The molecule has 122 valence electrons. The van der Waals surface area contributed by atoms with E-state index in [-0.39, 0.29) is 5.91 Å². The van der Waals surface area contributed by atoms with Gasteiger partial charge in [0.15, 0.2) is 0 Å². The lowest BCUT2D eigenvalue weighted by Crippen LogP contribution is -2.43. The van der Waals surface area contributed by atoms with Gasteiger partial charge in [-0.1, -0.05) is 11.6 Å². The molecule has 4 nitrogen and oxygen atoms in total. The van der Waals surface area contributed by atoms with Crippen LogP contribution >= 0.6 is 11.6 Å². The van der Waals surface area contributed by atoms with Crippen molar-refractivity contribution in [2.75, 3.05) is 6.54 Å². The first-order valence-electron chi connectivity index (χ1n) is 8.46. The summed E-state index contributed by atoms with van der Waals surface area (Å²) in [7, 11) is 1.89. The second-order valence-electron chi connectivity index (χ2n) is 7.31. The summed E-state index contributed by atoms with van der Waals surface area (Å²) in [5.74, 6) is 0.906. The molecule has 5 rings (SSSR count). The van der Waals surface area contributed by atoms with Gasteiger partial charge in [0.1, 0.15) is 5.65 Å². The number of nitrogens with zero attached hydrogens (tertiary/aromatic N) is 2. The molecule has 1 N–H and O–H groups in total. The molecule has 3 saturated carbocycles. The molecule has 3 aliphatic carbocycles. The minimum atomic E-state index is -0.0347. The molecule has 0 saturated heterocycles. The van der Waals surface area contributed by atoms with Gasteiger partial charge >= 0.3 is 0 Å². The lowest BCUT2D eigenvalue weighted by molar-refractivity contribution is 0.0598. The monoisotopic (exact) mass is 331 g/mol. The summed E-state index contributed by atoms with van der Waals surface area (Å²) in [5.41, 5.74) is 1.71. The van der Waals surface area contributed by atoms with Crippen LogP contribution in [0.25, 0.3) is 11.0 Å². The lowest BCUT2D eigenvalue weighted by Gasteiger charge is -2.46. The molecule has 5 heteroatoms. The van der Waals surface area contributed by atoms with Crippen LogP contribution in [0.1, 0.15) is 48.9 Å². The maximum Gasteiger partial charge on any atom is 0.253 e. The van der Waals surface area contributed by atoms with Crippen molar-refractivity contribution >= 4 is 28.5 Å². The number of carbonyl (C=O) groups is 1. The third kappa shape index (κ3) is 2.53. The second kappa shape index (κ2) is 5.52. The van der Waals surface area contributed by atoms with Gasteiger partial charge in [0, 0.05) is 26.0 Å². The number of nitrogens with one attached hydrogen (secondary N) is 1. The third-order valence-corrected chi connectivity index (χ3v) is 6.24. The molecule has 0 aliphatic heterocycles. The highest BCUT2D eigenvalue weighted by Crippen LogP contribution is 2.49. The van der Waals surface area contributed by atoms with Crippen LogP contribution in [0.2, 0.25) is 5.02 Å². The van der Waals surface area contributed by atoms with Crippen molar-refractivity contribution in [3.05, 3.63) is 29.0 Å². The summed E-state index contributed by atoms with van der Waals surface area (Å²) < 4.78 is 1.86. The second-order valence-corrected chi connectivity index (χ2v) is 7.72. The average molecular weight is 332 g/mol. The normalized spacial score (nSPS) is 26.6. The zero-order valence-corrected chi connectivity index (χ0v) is 14.2. The minimum absolute atomic E-state index is 0.0347. The topological polar surface area (TPSA) is 46.9 Å². The summed E-state index contributed by atoms with van der Waals surface area (Å²) in [4.78, 5) is 17.1. The molecule has 3 aliphatic rings. The number of amides is 1. The SMILES string of the molecule is Cn1cc(C(=O)NCC23CCC(CC2)CC3)c2c(Cl)ccnc21. The molecule has 23 heavy (non-hydrogen) atoms. The zero-order chi connectivity index (χ0) is 16.0. The van der Waals surface area contributed by atoms with Crippen molar-refractivity contribution in [1.29, 1.82) is 0 Å². The van der Waals surface area contributed by atoms with Crippen molar-refractivity contribution < 1.29 is 4.79 Å². The summed E-state index contributed by atoms with van der Waals surface area (Å²) in [5, 5.41) is 4.51. The first-order chi connectivity index (χ1) is 11.1. The summed E-state index contributed by atoms with van der Waals surface area (Å²) in [6.07, 6.45) is 11.3. The van der Waals surface area contributed by atoms with E-state index in [1.54, 1.807) is 12.3 Å². The van der Waals surface area contributed by atoms with E-state index in [1.165, 1.54) is 38.5 Å². The molecule has 0 atom stereocenters. The number of hydrogen-bond acceptors (Lipinski definition) is 2. The van der Waals surface area contributed by atoms with Gasteiger partial charge in [-0.25, -0.2) is 4.98 Å². The Bertz CT molecular complexity index is 745. The van der Waals surface area contributed by atoms with Crippen LogP contribution < -0.4 is 5.32 Å². The number of rotatable bonds is 3. The Balaban J connectivity index is 1.56. The standard InChI is InChI=1S/C18H22ClN3O/c1-22-10-13(15-14(19)5-9-20-16(15)22)17(23)21-11-18-6-2-12(3-7-18)4-8-18/h5,9-10,12H,2-4,6-8,11H2,1H3,(H,21,23). The summed E-state index contributed by atoms with van der Waals surface area (Å²) in [6.45, 7) is 0.785. The smallest absolute Gasteiger partial charge is 0.253 e. The lowest BCUT2D eigenvalue weighted by atomic mass is 9.61. The summed E-state index contributed by atoms with van der Waals surface area (Å²) in [6, 6.07) is 1.74. The molecule has 2 bridgehead atoms. The Hall–Kier alpha value is -1.55. The molecule has 0 aromatic carbocycles. The van der Waals surface area contributed by atoms with Crippen LogP contribution in [0, 0.1) is 11.3 Å². The van der Waals surface area contributed by atoms with Gasteiger partial charge in [0.2, 0.25) is 0 Å². The molecule has 2 heterocycles. The molecule has 1 amide bonds. The third-order valence-electron chi connectivity index (χ3n) is 5.92. The number of aryl methyl sites for hydroxylation is 1. The van der Waals surface area contributed by atoms with E-state index in [4.69, 9.17) is 11.6 Å². The maximum atomic E-state index is 12.7. The predicted octanol–water partition coefficient (Wildman–Crippen LogP) is 3.93. The van der Waals surface area contributed by atoms with Gasteiger partial charge in [0.25, 0.3) is 5.91 Å². The largest absolute Gasteiger partial charge is 0.351 e. The van der Waals surface area contributed by atoms with E-state index >= 15 is 0 Å². The highest BCUT2D eigenvalue weighted by molar-refractivity contribution is 6.36. The molecular formula is C18H22ClN3O. The highest BCUT2D eigenvalue weighted by Gasteiger charge is 2.40. The Labute approximate surface area is 141 Å². The van der Waals surface area contributed by atoms with E-state index in [9.17, 15) is 4.79 Å². The van der Waals surface area contributed by atoms with E-state index in [1.807, 2.05) is 17.8 Å². The van der Waals surface area contributed by atoms with Gasteiger partial charge in [-0.3, -0.25) is 4.79 Å². The fourth-order valence-electron chi connectivity index (χ4n) is 4.40. The molecule has 0 radical (unpaired) electrons. The van der Waals surface area contributed by atoms with E-state index in [2.05, 4.69) is 10.3 Å². The number of aromatic nitrogens is 2. The van der Waals surface area contributed by atoms with E-state index in [0.717, 1.165) is 23.5 Å². The van der Waals surface area contributed by atoms with Crippen molar-refractivity contribution in [3.8, 4) is 0 Å². The fraction of sp³-hybridized carbons (Fsp3) is 0.556. The molecule has 0 unspecified atom stereocenters. The number of fused-ring (bicyclic) bond motifs is 4. The van der Waals surface area contributed by atoms with Gasteiger partial charge in [-0.15, -0.1) is 0 Å². The summed E-state index contributed by atoms with van der Waals surface area (Å²) >= 11 is 6.30. The first-order valence-corrected chi connectivity index (χ1v) is 8.84. The Morgan fingerprint density at radius 3 is 2.78 bits per heavy atom. The van der Waals surface area contributed by atoms with Crippen molar-refractivity contribution in [2.45, 2.75) is 38.5 Å². The molecule has 0 spiro atoms. The van der Waals surface area contributed by atoms with Gasteiger partial charge in [-0.05, 0) is 55.9 Å². The Morgan fingerprint density at radius 2 is 2.09 bits per heavy atom. The maximum absolute atomic E-state index is 12.7. The van der Waals surface area contributed by atoms with Gasteiger partial charge in [-0.2, -0.15) is 0 Å². The van der Waals surface area contributed by atoms with Crippen LogP contribution in [0.3, 0.4) is 0 Å². The molecule has 3 fully saturated rings. The Kier molecular flexibility index (Phi) is 3.60. The van der Waals surface area contributed by atoms with Crippen molar-refractivity contribution in [1.82, 2.24) is 14.9 Å². The van der Waals surface area contributed by atoms with Crippen LogP contribution in [-0.2, 0) is 7.05 Å². The van der Waals surface area contributed by atoms with Crippen LogP contribution in [0.4, 0.5) is 0 Å². The Morgan fingerprint density at radius 1 is 1.39 bits per heavy atom. The highest BCUT2D eigenvalue weighted by atomic mass is 35.5. The quantitative estimate of drug-likeness (QED) is 0.926. The number of halogens is 1. The van der Waals surface area contributed by atoms with Crippen LogP contribution in [-0.4, -0.2) is 22.0 Å². The average Bonchev–Trinajstić information content (AvgIpc) is 2.93. The zero-order valence-electron chi connectivity index (χ0n) is 13.4. The van der Waals surface area contributed by atoms with Gasteiger partial charge < -0.3 is 9.88 Å². The molecular weight excluding hydrogens is 310 g/mol. The van der Waals surface area contributed by atoms with E-state index < -0.39 is 0 Å². The number of carbonyl (C=O) groups excluding carboxylic acids is 1. The van der Waals surface area contributed by atoms with Crippen LogP contribution in [0.5, 0.6) is 0 Å². The van der Waals surface area contributed by atoms with Crippen molar-refractivity contribution in [3.63, 3.8) is 0 Å². The predicted molar refractivity (Wildman–Crippen MR) is 91.7 cm³/mol. The number of pyridine rings is 1. The number of hydrogen-bond donors (Lipinski definition) is 1. The van der Waals surface area contributed by atoms with Gasteiger partial charge in [0.05, 0.1) is 16.0 Å².